The van der Waals surface area contributed by atoms with Gasteiger partial charge >= 0.3 is 0 Å². The zero-order chi connectivity index (χ0) is 16.4. The van der Waals surface area contributed by atoms with Gasteiger partial charge in [-0.1, -0.05) is 18.2 Å². The molecule has 2 aliphatic heterocycles. The van der Waals surface area contributed by atoms with E-state index < -0.39 is 0 Å². The maximum absolute atomic E-state index is 12.7. The number of aromatic nitrogens is 2. The zero-order valence-corrected chi connectivity index (χ0v) is 13.9. The molecule has 2 atom stereocenters. The van der Waals surface area contributed by atoms with Gasteiger partial charge in [-0.25, -0.2) is 4.68 Å². The van der Waals surface area contributed by atoms with E-state index in [4.69, 9.17) is 0 Å². The van der Waals surface area contributed by atoms with Gasteiger partial charge in [0.1, 0.15) is 0 Å². The van der Waals surface area contributed by atoms with Crippen molar-refractivity contribution in [3.8, 4) is 5.69 Å². The van der Waals surface area contributed by atoms with Crippen molar-refractivity contribution in [1.82, 2.24) is 20.0 Å². The second kappa shape index (κ2) is 6.77. The number of nitrogens with one attached hydrogen (secondary N) is 1. The van der Waals surface area contributed by atoms with Crippen LogP contribution in [0.5, 0.6) is 0 Å². The fourth-order valence-corrected chi connectivity index (χ4v) is 3.98. The van der Waals surface area contributed by atoms with Crippen LogP contribution in [0.25, 0.3) is 5.69 Å². The zero-order valence-electron chi connectivity index (χ0n) is 13.9. The quantitative estimate of drug-likeness (QED) is 0.937. The topological polar surface area (TPSA) is 50.2 Å². The minimum absolute atomic E-state index is 0.304. The van der Waals surface area contributed by atoms with E-state index in [2.05, 4.69) is 15.3 Å². The molecule has 5 heteroatoms. The Labute approximate surface area is 142 Å². The van der Waals surface area contributed by atoms with E-state index in [0.717, 1.165) is 43.6 Å². The average Bonchev–Trinajstić information content (AvgIpc) is 3.17. The molecule has 5 nitrogen and oxygen atoms in total. The third kappa shape index (κ3) is 3.08. The van der Waals surface area contributed by atoms with Crippen LogP contribution in [0.3, 0.4) is 0 Å². The Kier molecular flexibility index (Phi) is 4.34. The first-order valence-corrected chi connectivity index (χ1v) is 8.92. The van der Waals surface area contributed by atoms with Crippen LogP contribution in [0.2, 0.25) is 0 Å². The molecule has 2 aromatic rings. The number of hydrogen-bond acceptors (Lipinski definition) is 3. The lowest BCUT2D eigenvalue weighted by Crippen LogP contribution is -2.42. The molecule has 2 bridgehead atoms. The summed E-state index contributed by atoms with van der Waals surface area (Å²) in [5, 5.41) is 7.87. The molecule has 2 fully saturated rings. The monoisotopic (exact) mass is 324 g/mol. The fraction of sp³-hybridized carbons (Fsp3) is 0.474. The van der Waals surface area contributed by atoms with Gasteiger partial charge in [-0.3, -0.25) is 4.79 Å². The van der Waals surface area contributed by atoms with Crippen molar-refractivity contribution in [3.63, 3.8) is 0 Å². The van der Waals surface area contributed by atoms with Crippen molar-refractivity contribution in [2.45, 2.75) is 44.2 Å². The van der Waals surface area contributed by atoms with Crippen molar-refractivity contribution in [1.29, 1.82) is 0 Å². The van der Waals surface area contributed by atoms with E-state index in [0.29, 0.717) is 24.4 Å². The van der Waals surface area contributed by atoms with E-state index in [-0.39, 0.29) is 0 Å². The molecular formula is C19H24N4O. The molecule has 1 aromatic heterocycles. The standard InChI is InChI=1S/C19H24N4O/c24-19(23-17-7-8-18(23)13-20-11-10-17)9-6-15-12-21-22(14-15)16-4-2-1-3-5-16/h1-5,12,14,17-18,20H,6-11,13H2. The SMILES string of the molecule is O=C(CCc1cnn(-c2ccccc2)c1)N1C2CCNCC1CC2. The summed E-state index contributed by atoms with van der Waals surface area (Å²) in [6.45, 7) is 1.99. The summed E-state index contributed by atoms with van der Waals surface area (Å²) in [6.07, 6.45) is 8.65. The maximum Gasteiger partial charge on any atom is 0.223 e. The van der Waals surface area contributed by atoms with Gasteiger partial charge in [0, 0.05) is 31.2 Å². The third-order valence-corrected chi connectivity index (χ3v) is 5.23. The summed E-state index contributed by atoms with van der Waals surface area (Å²) in [5.74, 6) is 0.304. The minimum Gasteiger partial charge on any atom is -0.335 e. The Bertz CT molecular complexity index is 682. The van der Waals surface area contributed by atoms with E-state index in [9.17, 15) is 4.79 Å². The highest BCUT2D eigenvalue weighted by Gasteiger charge is 2.37. The number of nitrogens with zero attached hydrogens (tertiary/aromatic N) is 3. The van der Waals surface area contributed by atoms with Gasteiger partial charge in [-0.15, -0.1) is 0 Å². The van der Waals surface area contributed by atoms with Gasteiger partial charge in [-0.2, -0.15) is 5.10 Å². The van der Waals surface area contributed by atoms with Crippen LogP contribution in [0.15, 0.2) is 42.7 Å². The highest BCUT2D eigenvalue weighted by atomic mass is 16.2. The third-order valence-electron chi connectivity index (χ3n) is 5.23. The van der Waals surface area contributed by atoms with Crippen LogP contribution in [0, 0.1) is 0 Å². The van der Waals surface area contributed by atoms with E-state index in [1.807, 2.05) is 47.4 Å². The Hall–Kier alpha value is -2.14. The largest absolute Gasteiger partial charge is 0.335 e. The summed E-state index contributed by atoms with van der Waals surface area (Å²) in [6, 6.07) is 10.9. The first-order valence-electron chi connectivity index (χ1n) is 8.92. The van der Waals surface area contributed by atoms with Crippen LogP contribution in [0.1, 0.15) is 31.2 Å². The number of benzene rings is 1. The molecule has 0 aliphatic carbocycles. The smallest absolute Gasteiger partial charge is 0.223 e. The van der Waals surface area contributed by atoms with Gasteiger partial charge < -0.3 is 10.2 Å². The van der Waals surface area contributed by atoms with Gasteiger partial charge in [0.25, 0.3) is 0 Å². The van der Waals surface area contributed by atoms with Gasteiger partial charge in [0.2, 0.25) is 5.91 Å². The Balaban J connectivity index is 1.38. The van der Waals surface area contributed by atoms with E-state index >= 15 is 0 Å². The number of rotatable bonds is 4. The molecule has 24 heavy (non-hydrogen) atoms. The summed E-state index contributed by atoms with van der Waals surface area (Å²) in [4.78, 5) is 14.9. The highest BCUT2D eigenvalue weighted by molar-refractivity contribution is 5.77. The number of carbonyl (C=O) groups excluding carboxylic acids is 1. The van der Waals surface area contributed by atoms with Gasteiger partial charge in [0.05, 0.1) is 11.9 Å². The number of para-hydroxylation sites is 1. The number of hydrogen-bond donors (Lipinski definition) is 1. The van der Waals surface area contributed by atoms with Crippen molar-refractivity contribution < 1.29 is 4.79 Å². The van der Waals surface area contributed by atoms with Gasteiger partial charge in [-0.05, 0) is 49.9 Å². The Morgan fingerprint density at radius 2 is 2.00 bits per heavy atom. The Morgan fingerprint density at radius 1 is 1.17 bits per heavy atom. The summed E-state index contributed by atoms with van der Waals surface area (Å²) in [7, 11) is 0. The van der Waals surface area contributed by atoms with Crippen LogP contribution in [-0.4, -0.2) is 45.8 Å². The molecule has 2 saturated heterocycles. The van der Waals surface area contributed by atoms with Crippen LogP contribution in [0.4, 0.5) is 0 Å². The maximum atomic E-state index is 12.7. The Morgan fingerprint density at radius 3 is 2.88 bits per heavy atom. The molecule has 4 rings (SSSR count). The fourth-order valence-electron chi connectivity index (χ4n) is 3.98. The number of aryl methyl sites for hydroxylation is 1. The molecular weight excluding hydrogens is 300 g/mol. The molecule has 1 aromatic carbocycles. The summed E-state index contributed by atoms with van der Waals surface area (Å²) in [5.41, 5.74) is 2.17. The predicted molar refractivity (Wildman–Crippen MR) is 93.0 cm³/mol. The molecule has 1 N–H and O–H groups in total. The van der Waals surface area contributed by atoms with Crippen molar-refractivity contribution >= 4 is 5.91 Å². The molecule has 0 radical (unpaired) electrons. The second-order valence-electron chi connectivity index (χ2n) is 6.81. The van der Waals surface area contributed by atoms with Crippen LogP contribution >= 0.6 is 0 Å². The van der Waals surface area contributed by atoms with E-state index in [1.165, 1.54) is 6.42 Å². The minimum atomic E-state index is 0.304. The molecule has 0 saturated carbocycles. The average molecular weight is 324 g/mol. The lowest BCUT2D eigenvalue weighted by atomic mass is 10.1. The normalized spacial score (nSPS) is 23.2. The van der Waals surface area contributed by atoms with Crippen molar-refractivity contribution in [3.05, 3.63) is 48.3 Å². The van der Waals surface area contributed by atoms with Gasteiger partial charge in [0.15, 0.2) is 0 Å². The van der Waals surface area contributed by atoms with Crippen molar-refractivity contribution in [2.24, 2.45) is 0 Å². The molecule has 126 valence electrons. The highest BCUT2D eigenvalue weighted by Crippen LogP contribution is 2.28. The molecule has 2 aliphatic rings. The van der Waals surface area contributed by atoms with Crippen molar-refractivity contribution in [2.75, 3.05) is 13.1 Å². The molecule has 3 heterocycles. The van der Waals surface area contributed by atoms with E-state index in [1.54, 1.807) is 0 Å². The first-order chi connectivity index (χ1) is 11.8. The summed E-state index contributed by atoms with van der Waals surface area (Å²) < 4.78 is 1.87. The predicted octanol–water partition coefficient (Wildman–Crippen LogP) is 2.16. The second-order valence-corrected chi connectivity index (χ2v) is 6.81. The molecule has 1 amide bonds. The first kappa shape index (κ1) is 15.4. The number of amides is 1. The lowest BCUT2D eigenvalue weighted by Gasteiger charge is -2.27. The molecule has 2 unspecified atom stereocenters. The van der Waals surface area contributed by atoms with Crippen LogP contribution < -0.4 is 5.32 Å². The van der Waals surface area contributed by atoms with Crippen LogP contribution in [-0.2, 0) is 11.2 Å². The molecule has 0 spiro atoms. The number of fused-ring (bicyclic) bond motifs is 2. The lowest BCUT2D eigenvalue weighted by molar-refractivity contribution is -0.133. The summed E-state index contributed by atoms with van der Waals surface area (Å²) >= 11 is 0. The number of carbonyl (C=O) groups is 1.